The SMILES string of the molecule is NCCC[C@H](N)CNC(CCc1ccccc1)CCc1ccccc1.NCC[C@H](N)CNC(CCc1ccccc1)CCc1ccccc1.NC[C@@H](N)CCCNC(CCc1ccccc1)CCc1ccccc1.NC[C@@H](N)CCNC(CCc1ccccc1)CCc1ccccc1. The molecule has 0 aliphatic heterocycles. The van der Waals surface area contributed by atoms with Crippen molar-refractivity contribution in [2.24, 2.45) is 45.9 Å². The van der Waals surface area contributed by atoms with Gasteiger partial charge in [0.1, 0.15) is 0 Å². The Labute approximate surface area is 593 Å². The normalized spacial score (nSPS) is 12.4. The predicted octanol–water partition coefficient (Wildman–Crippen LogP) is 12.3. The van der Waals surface area contributed by atoms with Crippen molar-refractivity contribution in [2.75, 3.05) is 52.4 Å². The fourth-order valence-electron chi connectivity index (χ4n) is 12.1. The smallest absolute Gasteiger partial charge is 0.0177 e. The molecule has 0 radical (unpaired) electrons. The van der Waals surface area contributed by atoms with Gasteiger partial charge in [0.05, 0.1) is 0 Å². The molecule has 0 heterocycles. The summed E-state index contributed by atoms with van der Waals surface area (Å²) in [6.07, 6.45) is 23.9. The fraction of sp³-hybridized carbons (Fsp3) is 0.442. The third-order valence-corrected chi connectivity index (χ3v) is 18.4. The van der Waals surface area contributed by atoms with Gasteiger partial charge >= 0.3 is 0 Å². The molecule has 532 valence electrons. The summed E-state index contributed by atoms with van der Waals surface area (Å²) < 4.78 is 0. The molecular formula is C86H128N12. The highest BCUT2D eigenvalue weighted by Gasteiger charge is 2.15. The molecule has 0 saturated heterocycles. The van der Waals surface area contributed by atoms with Crippen molar-refractivity contribution < 1.29 is 0 Å². The van der Waals surface area contributed by atoms with Crippen molar-refractivity contribution in [3.05, 3.63) is 287 Å². The minimum Gasteiger partial charge on any atom is -0.330 e. The van der Waals surface area contributed by atoms with Crippen LogP contribution in [0.5, 0.6) is 0 Å². The maximum Gasteiger partial charge on any atom is 0.0177 e. The van der Waals surface area contributed by atoms with Crippen LogP contribution in [0, 0.1) is 0 Å². The van der Waals surface area contributed by atoms with Crippen LogP contribution in [0.25, 0.3) is 0 Å². The maximum atomic E-state index is 6.20. The molecule has 0 unspecified atom stereocenters. The first-order valence-corrected chi connectivity index (χ1v) is 37.2. The van der Waals surface area contributed by atoms with Gasteiger partial charge in [-0.05, 0) is 212 Å². The summed E-state index contributed by atoms with van der Waals surface area (Å²) in [4.78, 5) is 0. The van der Waals surface area contributed by atoms with Crippen LogP contribution >= 0.6 is 0 Å². The van der Waals surface area contributed by atoms with Gasteiger partial charge in [0.25, 0.3) is 0 Å². The highest BCUT2D eigenvalue weighted by Crippen LogP contribution is 2.17. The Morgan fingerprint density at radius 2 is 0.439 bits per heavy atom. The molecule has 0 saturated carbocycles. The summed E-state index contributed by atoms with van der Waals surface area (Å²) in [5.41, 5.74) is 57.8. The number of hydrogen-bond donors (Lipinski definition) is 12. The molecule has 8 aromatic carbocycles. The van der Waals surface area contributed by atoms with Crippen LogP contribution in [0.15, 0.2) is 243 Å². The summed E-state index contributed by atoms with van der Waals surface area (Å²) in [5.74, 6) is 0. The Morgan fingerprint density at radius 3 is 0.684 bits per heavy atom. The average Bonchev–Trinajstić information content (AvgIpc) is 2.53. The van der Waals surface area contributed by atoms with Gasteiger partial charge in [0.2, 0.25) is 0 Å². The summed E-state index contributed by atoms with van der Waals surface area (Å²) >= 11 is 0. The first kappa shape index (κ1) is 82.0. The zero-order valence-corrected chi connectivity index (χ0v) is 59.5. The van der Waals surface area contributed by atoms with Crippen molar-refractivity contribution in [3.63, 3.8) is 0 Å². The number of hydrogen-bond acceptors (Lipinski definition) is 12. The van der Waals surface area contributed by atoms with E-state index < -0.39 is 0 Å². The van der Waals surface area contributed by atoms with Gasteiger partial charge in [-0.2, -0.15) is 0 Å². The molecule has 12 nitrogen and oxygen atoms in total. The molecule has 0 amide bonds. The number of nitrogens with two attached hydrogens (primary N) is 8. The Morgan fingerprint density at radius 1 is 0.214 bits per heavy atom. The van der Waals surface area contributed by atoms with Crippen molar-refractivity contribution in [2.45, 2.75) is 190 Å². The number of benzene rings is 8. The zero-order valence-electron chi connectivity index (χ0n) is 59.5. The van der Waals surface area contributed by atoms with Gasteiger partial charge in [-0.3, -0.25) is 0 Å². The molecule has 0 aliphatic rings. The predicted molar refractivity (Wildman–Crippen MR) is 421 cm³/mol. The van der Waals surface area contributed by atoms with Crippen molar-refractivity contribution >= 4 is 0 Å². The van der Waals surface area contributed by atoms with E-state index in [0.29, 0.717) is 43.8 Å². The number of rotatable bonds is 46. The third kappa shape index (κ3) is 40.4. The molecule has 12 heteroatoms. The second-order valence-corrected chi connectivity index (χ2v) is 26.7. The first-order valence-electron chi connectivity index (χ1n) is 37.2. The topological polar surface area (TPSA) is 256 Å². The molecule has 98 heavy (non-hydrogen) atoms. The molecule has 8 aromatic rings. The molecular weight excluding hydrogens is 1200 g/mol. The van der Waals surface area contributed by atoms with Crippen molar-refractivity contribution in [1.82, 2.24) is 21.3 Å². The van der Waals surface area contributed by atoms with Crippen LogP contribution in [0.3, 0.4) is 0 Å². The van der Waals surface area contributed by atoms with Crippen LogP contribution in [0.4, 0.5) is 0 Å². The maximum absolute atomic E-state index is 6.20. The Bertz CT molecular complexity index is 2850. The zero-order chi connectivity index (χ0) is 69.6. The van der Waals surface area contributed by atoms with Crippen molar-refractivity contribution in [1.29, 1.82) is 0 Å². The lowest BCUT2D eigenvalue weighted by atomic mass is 9.98. The minimum atomic E-state index is 0.0985. The number of aryl methyl sites for hydroxylation is 8. The van der Waals surface area contributed by atoms with E-state index >= 15 is 0 Å². The van der Waals surface area contributed by atoms with Gasteiger partial charge in [-0.25, -0.2) is 0 Å². The monoisotopic (exact) mass is 1330 g/mol. The van der Waals surface area contributed by atoms with Crippen molar-refractivity contribution in [3.8, 4) is 0 Å². The highest BCUT2D eigenvalue weighted by atomic mass is 14.9. The lowest BCUT2D eigenvalue weighted by Crippen LogP contribution is -2.41. The van der Waals surface area contributed by atoms with E-state index in [4.69, 9.17) is 45.9 Å². The van der Waals surface area contributed by atoms with Gasteiger partial charge in [0.15, 0.2) is 0 Å². The standard InChI is InChI=1S/2C22H33N3.2C21H31N3/c23-18-21(24)12-7-17-25-22(15-13-19-8-3-1-4-9-19)16-14-20-10-5-2-6-11-20;23-17-7-12-21(24)18-25-22(15-13-19-8-3-1-4-9-19)16-14-20-10-5-2-6-11-20;22-17-20(23)15-16-24-21(13-11-18-7-3-1-4-8-18)14-12-19-9-5-2-6-10-19;22-16-15-20(23)17-24-21(13-11-18-7-3-1-4-8-18)14-12-19-9-5-2-6-10-19/h2*1-6,8-11,21-22,25H,7,12-18,23-24H2;2*1-10,20-21,24H,11-17,22-23H2/t2*21-;2*20-/m0000/s1. The lowest BCUT2D eigenvalue weighted by molar-refractivity contribution is 0.422. The summed E-state index contributed by atoms with van der Waals surface area (Å²) in [5, 5.41) is 14.8. The Balaban J connectivity index is 0.000000236. The van der Waals surface area contributed by atoms with E-state index in [9.17, 15) is 0 Å². The van der Waals surface area contributed by atoms with Crippen LogP contribution < -0.4 is 67.1 Å². The fourth-order valence-corrected chi connectivity index (χ4v) is 12.1. The van der Waals surface area contributed by atoms with Crippen LogP contribution in [0.1, 0.15) is 134 Å². The van der Waals surface area contributed by atoms with E-state index in [1.807, 2.05) is 0 Å². The van der Waals surface area contributed by atoms with Crippen LogP contribution in [-0.4, -0.2) is 101 Å². The van der Waals surface area contributed by atoms with E-state index in [-0.39, 0.29) is 24.2 Å². The Hall–Kier alpha value is -6.72. The molecule has 4 atom stereocenters. The van der Waals surface area contributed by atoms with E-state index in [1.165, 1.54) is 57.3 Å². The van der Waals surface area contributed by atoms with Crippen LogP contribution in [0.2, 0.25) is 0 Å². The molecule has 0 aliphatic carbocycles. The largest absolute Gasteiger partial charge is 0.330 e. The molecule has 20 N–H and O–H groups in total. The van der Waals surface area contributed by atoms with E-state index in [0.717, 1.165) is 161 Å². The molecule has 8 rings (SSSR count). The second-order valence-electron chi connectivity index (χ2n) is 26.7. The van der Waals surface area contributed by atoms with Crippen LogP contribution in [-0.2, 0) is 51.4 Å². The molecule has 0 spiro atoms. The number of nitrogens with one attached hydrogen (secondary N) is 4. The van der Waals surface area contributed by atoms with E-state index in [1.54, 1.807) is 0 Å². The highest BCUT2D eigenvalue weighted by molar-refractivity contribution is 5.21. The van der Waals surface area contributed by atoms with Gasteiger partial charge < -0.3 is 67.1 Å². The quantitative estimate of drug-likeness (QED) is 0.0159. The summed E-state index contributed by atoms with van der Waals surface area (Å²) in [6.45, 7) is 6.17. The van der Waals surface area contributed by atoms with Gasteiger partial charge in [0, 0.05) is 74.5 Å². The Kier molecular flexibility index (Phi) is 45.3. The van der Waals surface area contributed by atoms with E-state index in [2.05, 4.69) is 264 Å². The first-order chi connectivity index (χ1) is 48.1. The summed E-state index contributed by atoms with van der Waals surface area (Å²) in [7, 11) is 0. The van der Waals surface area contributed by atoms with Gasteiger partial charge in [-0.1, -0.05) is 243 Å². The third-order valence-electron chi connectivity index (χ3n) is 18.4. The minimum absolute atomic E-state index is 0.0985. The lowest BCUT2D eigenvalue weighted by Gasteiger charge is -2.21. The second kappa shape index (κ2) is 54.1. The average molecular weight is 1330 g/mol. The molecule has 0 fully saturated rings. The summed E-state index contributed by atoms with van der Waals surface area (Å²) in [6, 6.07) is 88.4. The molecule has 0 bridgehead atoms. The molecule has 0 aromatic heterocycles. The van der Waals surface area contributed by atoms with Gasteiger partial charge in [-0.15, -0.1) is 0 Å².